The third kappa shape index (κ3) is 3.60. The molecule has 0 aromatic carbocycles. The summed E-state index contributed by atoms with van der Waals surface area (Å²) in [6.45, 7) is 3.21. The standard InChI is InChI=1S/C14H20N2O4/c1-10(12-3-2-8-20-12)15-9-13(17)16-6-4-11(5-7-16)14(18)19/h2-3,8,10-11,15H,4-7,9H2,1H3,(H,18,19)/t10-/m1/s1. The number of hydrogen-bond donors (Lipinski definition) is 2. The number of nitrogens with zero attached hydrogens (tertiary/aromatic N) is 1. The van der Waals surface area contributed by atoms with Crippen molar-refractivity contribution in [2.24, 2.45) is 5.92 Å². The van der Waals surface area contributed by atoms with Gasteiger partial charge in [0.2, 0.25) is 5.91 Å². The van der Waals surface area contributed by atoms with E-state index in [0.29, 0.717) is 25.9 Å². The number of likely N-dealkylation sites (tertiary alicyclic amines) is 1. The molecule has 1 aliphatic heterocycles. The maximum atomic E-state index is 12.0. The smallest absolute Gasteiger partial charge is 0.306 e. The predicted molar refractivity (Wildman–Crippen MR) is 72.1 cm³/mol. The fraction of sp³-hybridized carbons (Fsp3) is 0.571. The first-order valence-corrected chi connectivity index (χ1v) is 6.85. The minimum Gasteiger partial charge on any atom is -0.481 e. The maximum Gasteiger partial charge on any atom is 0.306 e. The van der Waals surface area contributed by atoms with E-state index < -0.39 is 5.97 Å². The second kappa shape index (κ2) is 6.56. The Morgan fingerprint density at radius 3 is 2.75 bits per heavy atom. The molecule has 6 nitrogen and oxygen atoms in total. The van der Waals surface area contributed by atoms with Crippen molar-refractivity contribution < 1.29 is 19.1 Å². The first-order chi connectivity index (χ1) is 9.58. The lowest BCUT2D eigenvalue weighted by molar-refractivity contribution is -0.145. The molecule has 2 rings (SSSR count). The normalized spacial score (nSPS) is 17.9. The largest absolute Gasteiger partial charge is 0.481 e. The molecule has 1 aliphatic rings. The van der Waals surface area contributed by atoms with Crippen LogP contribution < -0.4 is 5.32 Å². The van der Waals surface area contributed by atoms with Crippen molar-refractivity contribution in [3.63, 3.8) is 0 Å². The Hall–Kier alpha value is -1.82. The summed E-state index contributed by atoms with van der Waals surface area (Å²) in [5.41, 5.74) is 0. The number of hydrogen-bond acceptors (Lipinski definition) is 4. The summed E-state index contributed by atoms with van der Waals surface area (Å²) in [5.74, 6) is -0.273. The van der Waals surface area contributed by atoms with Crippen molar-refractivity contribution in [1.29, 1.82) is 0 Å². The number of carbonyl (C=O) groups excluding carboxylic acids is 1. The predicted octanol–water partition coefficient (Wildman–Crippen LogP) is 1.25. The van der Waals surface area contributed by atoms with Gasteiger partial charge in [0.15, 0.2) is 0 Å². The fourth-order valence-corrected chi connectivity index (χ4v) is 2.37. The van der Waals surface area contributed by atoms with Crippen LogP contribution in [0.4, 0.5) is 0 Å². The molecule has 0 saturated carbocycles. The topological polar surface area (TPSA) is 82.8 Å². The van der Waals surface area contributed by atoms with Crippen LogP contribution in [0.5, 0.6) is 0 Å². The van der Waals surface area contributed by atoms with Gasteiger partial charge in [-0.2, -0.15) is 0 Å². The quantitative estimate of drug-likeness (QED) is 0.848. The van der Waals surface area contributed by atoms with Crippen molar-refractivity contribution >= 4 is 11.9 Å². The highest BCUT2D eigenvalue weighted by molar-refractivity contribution is 5.79. The number of carboxylic acid groups (broad SMARTS) is 1. The van der Waals surface area contributed by atoms with Crippen LogP contribution in [-0.4, -0.2) is 41.5 Å². The van der Waals surface area contributed by atoms with Crippen molar-refractivity contribution in [3.8, 4) is 0 Å². The Labute approximate surface area is 117 Å². The van der Waals surface area contributed by atoms with Crippen LogP contribution in [0.2, 0.25) is 0 Å². The molecule has 110 valence electrons. The van der Waals surface area contributed by atoms with Crippen LogP contribution in [0.25, 0.3) is 0 Å². The molecule has 2 N–H and O–H groups in total. The Bertz CT molecular complexity index is 450. The van der Waals surface area contributed by atoms with Gasteiger partial charge < -0.3 is 14.4 Å². The molecule has 0 unspecified atom stereocenters. The number of nitrogens with one attached hydrogen (secondary N) is 1. The maximum absolute atomic E-state index is 12.0. The summed E-state index contributed by atoms with van der Waals surface area (Å²) >= 11 is 0. The van der Waals surface area contributed by atoms with Crippen molar-refractivity contribution in [3.05, 3.63) is 24.2 Å². The van der Waals surface area contributed by atoms with Gasteiger partial charge in [0.1, 0.15) is 5.76 Å². The molecule has 1 fully saturated rings. The average molecular weight is 280 g/mol. The molecule has 2 heterocycles. The Balaban J connectivity index is 1.74. The van der Waals surface area contributed by atoms with E-state index in [-0.39, 0.29) is 24.4 Å². The van der Waals surface area contributed by atoms with Crippen LogP contribution in [-0.2, 0) is 9.59 Å². The van der Waals surface area contributed by atoms with E-state index in [1.807, 2.05) is 19.1 Å². The zero-order valence-corrected chi connectivity index (χ0v) is 11.5. The van der Waals surface area contributed by atoms with Gasteiger partial charge in [-0.05, 0) is 31.9 Å². The molecule has 0 aliphatic carbocycles. The van der Waals surface area contributed by atoms with Crippen LogP contribution >= 0.6 is 0 Å². The lowest BCUT2D eigenvalue weighted by Crippen LogP contribution is -2.44. The van der Waals surface area contributed by atoms with Crippen molar-refractivity contribution in [2.75, 3.05) is 19.6 Å². The summed E-state index contributed by atoms with van der Waals surface area (Å²) in [6, 6.07) is 3.65. The van der Waals surface area contributed by atoms with Gasteiger partial charge in [0, 0.05) is 13.1 Å². The second-order valence-electron chi connectivity index (χ2n) is 5.11. The van der Waals surface area contributed by atoms with E-state index in [0.717, 1.165) is 5.76 Å². The van der Waals surface area contributed by atoms with E-state index in [4.69, 9.17) is 9.52 Å². The number of carbonyl (C=O) groups is 2. The molecule has 0 bridgehead atoms. The first kappa shape index (κ1) is 14.6. The first-order valence-electron chi connectivity index (χ1n) is 6.85. The summed E-state index contributed by atoms with van der Waals surface area (Å²) in [5, 5.41) is 12.0. The molecule has 20 heavy (non-hydrogen) atoms. The highest BCUT2D eigenvalue weighted by Crippen LogP contribution is 2.17. The number of carboxylic acids is 1. The lowest BCUT2D eigenvalue weighted by Gasteiger charge is -2.30. The monoisotopic (exact) mass is 280 g/mol. The zero-order chi connectivity index (χ0) is 14.5. The summed E-state index contributed by atoms with van der Waals surface area (Å²) in [7, 11) is 0. The van der Waals surface area contributed by atoms with Crippen molar-refractivity contribution in [2.45, 2.75) is 25.8 Å². The zero-order valence-electron chi connectivity index (χ0n) is 11.5. The molecule has 0 radical (unpaired) electrons. The van der Waals surface area contributed by atoms with E-state index in [2.05, 4.69) is 5.32 Å². The highest BCUT2D eigenvalue weighted by atomic mass is 16.4. The summed E-state index contributed by atoms with van der Waals surface area (Å²) in [4.78, 5) is 24.6. The minimum absolute atomic E-state index is 0.00671. The van der Waals surface area contributed by atoms with Crippen LogP contribution in [0.15, 0.2) is 22.8 Å². The summed E-state index contributed by atoms with van der Waals surface area (Å²) in [6.07, 6.45) is 2.68. The SMILES string of the molecule is C[C@@H](NCC(=O)N1CCC(C(=O)O)CC1)c1ccco1. The van der Waals surface area contributed by atoms with Gasteiger partial charge in [0.25, 0.3) is 0 Å². The average Bonchev–Trinajstić information content (AvgIpc) is 2.98. The van der Waals surface area contributed by atoms with Gasteiger partial charge >= 0.3 is 5.97 Å². The van der Waals surface area contributed by atoms with E-state index in [1.54, 1.807) is 11.2 Å². The fourth-order valence-electron chi connectivity index (χ4n) is 2.37. The van der Waals surface area contributed by atoms with Gasteiger partial charge in [-0.15, -0.1) is 0 Å². The van der Waals surface area contributed by atoms with Gasteiger partial charge in [0.05, 0.1) is 24.8 Å². The molecule has 1 amide bonds. The van der Waals surface area contributed by atoms with Gasteiger partial charge in [-0.3, -0.25) is 14.9 Å². The van der Waals surface area contributed by atoms with Crippen LogP contribution in [0.1, 0.15) is 31.6 Å². The summed E-state index contributed by atoms with van der Waals surface area (Å²) < 4.78 is 5.26. The van der Waals surface area contributed by atoms with E-state index >= 15 is 0 Å². The van der Waals surface area contributed by atoms with Crippen LogP contribution in [0.3, 0.4) is 0 Å². The number of furan rings is 1. The molecule has 1 aromatic heterocycles. The van der Waals surface area contributed by atoms with Gasteiger partial charge in [-0.1, -0.05) is 0 Å². The lowest BCUT2D eigenvalue weighted by atomic mass is 9.97. The third-order valence-corrected chi connectivity index (χ3v) is 3.73. The molecular weight excluding hydrogens is 260 g/mol. The van der Waals surface area contributed by atoms with E-state index in [9.17, 15) is 9.59 Å². The number of aliphatic carboxylic acids is 1. The molecule has 1 aromatic rings. The number of amides is 1. The van der Waals surface area contributed by atoms with E-state index in [1.165, 1.54) is 0 Å². The molecule has 1 saturated heterocycles. The Morgan fingerprint density at radius 2 is 2.20 bits per heavy atom. The van der Waals surface area contributed by atoms with Crippen LogP contribution in [0, 0.1) is 5.92 Å². The molecule has 0 spiro atoms. The second-order valence-corrected chi connectivity index (χ2v) is 5.11. The molecule has 6 heteroatoms. The third-order valence-electron chi connectivity index (χ3n) is 3.73. The number of piperidine rings is 1. The van der Waals surface area contributed by atoms with Crippen molar-refractivity contribution in [1.82, 2.24) is 10.2 Å². The Kier molecular flexibility index (Phi) is 4.79. The minimum atomic E-state index is -0.762. The Morgan fingerprint density at radius 1 is 1.50 bits per heavy atom. The van der Waals surface area contributed by atoms with Gasteiger partial charge in [-0.25, -0.2) is 0 Å². The molecule has 1 atom stereocenters. The highest BCUT2D eigenvalue weighted by Gasteiger charge is 2.26. The number of rotatable bonds is 5. The molecular formula is C14H20N2O4.